The number of anilines is 3. The first-order valence-corrected chi connectivity index (χ1v) is 10.9. The number of ketones is 1. The highest BCUT2D eigenvalue weighted by atomic mass is 16.1. The third-order valence-corrected chi connectivity index (χ3v) is 6.06. The maximum atomic E-state index is 13.6. The Morgan fingerprint density at radius 2 is 2.00 bits per heavy atom. The fourth-order valence-electron chi connectivity index (χ4n) is 4.41. The number of piperazine rings is 1. The molecule has 2 fully saturated rings. The zero-order valence-electron chi connectivity index (χ0n) is 25.2. The number of fused-ring (bicyclic) bond motifs is 1. The number of nitrogens with one attached hydrogen (secondary N) is 2. The smallest absolute Gasteiger partial charge is 0.263 e. The molecule has 2 N–H and O–H groups in total. The van der Waals surface area contributed by atoms with Crippen molar-refractivity contribution in [3.05, 3.63) is 46.0 Å². The molecule has 33 heavy (non-hydrogen) atoms. The van der Waals surface area contributed by atoms with Crippen molar-refractivity contribution in [3.63, 3.8) is 0 Å². The predicted octanol–water partition coefficient (Wildman–Crippen LogP) is 2.97. The molecule has 172 valence electrons. The molecule has 9 heteroatoms. The molecule has 3 aromatic rings. The van der Waals surface area contributed by atoms with E-state index in [1.165, 1.54) is 23.9 Å². The third kappa shape index (κ3) is 4.08. The van der Waals surface area contributed by atoms with Gasteiger partial charge in [-0.2, -0.15) is 4.98 Å². The van der Waals surface area contributed by atoms with E-state index < -0.39 is 31.2 Å². The molecule has 0 spiro atoms. The van der Waals surface area contributed by atoms with Crippen molar-refractivity contribution in [2.45, 2.75) is 45.5 Å². The number of carbonyl (C=O) groups is 1. The standard InChI is InChI=1S/C24H29N7O2/c1-15-19-14-27-24(28-20-8-7-18(13-26-20)30-11-9-25-10-12-30)29-22(19)31(17-5-3-4-6-17)23(33)21(15)16(2)32/h7-8,13-14,17,25H,3-6,9-12H2,1-2H3,(H,26,27,28,29)/i1D3,9D2,10D2. The molecule has 0 atom stereocenters. The predicted molar refractivity (Wildman–Crippen MR) is 129 cm³/mol. The Balaban J connectivity index is 1.53. The van der Waals surface area contributed by atoms with Crippen LogP contribution < -0.4 is 21.1 Å². The van der Waals surface area contributed by atoms with Crippen molar-refractivity contribution in [2.24, 2.45) is 0 Å². The maximum absolute atomic E-state index is 13.6. The normalized spacial score (nSPS) is 23.5. The highest BCUT2D eigenvalue weighted by Crippen LogP contribution is 2.32. The molecular formula is C24H29N7O2. The van der Waals surface area contributed by atoms with Gasteiger partial charge in [0.05, 0.1) is 17.4 Å². The molecule has 5 rings (SSSR count). The average Bonchev–Trinajstić information content (AvgIpc) is 3.35. The molecule has 2 aliphatic rings. The molecule has 1 saturated carbocycles. The van der Waals surface area contributed by atoms with Gasteiger partial charge in [0.25, 0.3) is 5.56 Å². The van der Waals surface area contributed by atoms with E-state index in [0.717, 1.165) is 12.8 Å². The Morgan fingerprint density at radius 1 is 1.21 bits per heavy atom. The van der Waals surface area contributed by atoms with Crippen LogP contribution in [0.4, 0.5) is 17.5 Å². The van der Waals surface area contributed by atoms with Gasteiger partial charge in [0.1, 0.15) is 11.5 Å². The van der Waals surface area contributed by atoms with E-state index in [2.05, 4.69) is 25.6 Å². The Bertz CT molecular complexity index is 1500. The molecule has 4 heterocycles. The Hall–Kier alpha value is -3.33. The minimum Gasteiger partial charge on any atom is -0.368 e. The zero-order chi connectivity index (χ0) is 29.0. The van der Waals surface area contributed by atoms with E-state index >= 15 is 0 Å². The second-order valence-electron chi connectivity index (χ2n) is 8.21. The summed E-state index contributed by atoms with van der Waals surface area (Å²) < 4.78 is 57.4. The molecule has 0 aromatic carbocycles. The topological polar surface area (TPSA) is 105 Å². The average molecular weight is 455 g/mol. The minimum atomic E-state index is -2.74. The van der Waals surface area contributed by atoms with Gasteiger partial charge < -0.3 is 15.5 Å². The number of nitrogens with zero attached hydrogens (tertiary/aromatic N) is 5. The van der Waals surface area contributed by atoms with Gasteiger partial charge in [-0.1, -0.05) is 12.8 Å². The molecule has 9 nitrogen and oxygen atoms in total. The molecule has 1 aliphatic heterocycles. The van der Waals surface area contributed by atoms with Gasteiger partial charge in [-0.15, -0.1) is 0 Å². The number of hydrogen-bond acceptors (Lipinski definition) is 8. The zero-order valence-corrected chi connectivity index (χ0v) is 18.2. The first-order chi connectivity index (χ1) is 18.7. The summed E-state index contributed by atoms with van der Waals surface area (Å²) in [6.45, 7) is -5.54. The van der Waals surface area contributed by atoms with Gasteiger partial charge in [0.15, 0.2) is 5.78 Å². The van der Waals surface area contributed by atoms with Crippen molar-refractivity contribution in [1.29, 1.82) is 0 Å². The molecular weight excluding hydrogens is 418 g/mol. The van der Waals surface area contributed by atoms with Crippen molar-refractivity contribution in [2.75, 3.05) is 36.3 Å². The fourth-order valence-corrected chi connectivity index (χ4v) is 4.41. The van der Waals surface area contributed by atoms with E-state index in [0.29, 0.717) is 24.3 Å². The van der Waals surface area contributed by atoms with Gasteiger partial charge >= 0.3 is 0 Å². The van der Waals surface area contributed by atoms with Crippen LogP contribution in [-0.4, -0.2) is 51.4 Å². The van der Waals surface area contributed by atoms with E-state index in [4.69, 9.17) is 9.60 Å². The van der Waals surface area contributed by atoms with Crippen LogP contribution in [0.1, 0.15) is 64.2 Å². The van der Waals surface area contributed by atoms with Crippen LogP contribution in [0, 0.1) is 6.85 Å². The highest BCUT2D eigenvalue weighted by molar-refractivity contribution is 5.99. The number of rotatable bonds is 5. The summed E-state index contributed by atoms with van der Waals surface area (Å²) in [7, 11) is 0. The summed E-state index contributed by atoms with van der Waals surface area (Å²) in [6, 6.07) is 3.04. The lowest BCUT2D eigenvalue weighted by molar-refractivity contribution is 0.101. The fraction of sp³-hybridized carbons (Fsp3) is 0.458. The Kier molecular flexibility index (Phi) is 3.98. The van der Waals surface area contributed by atoms with Crippen LogP contribution in [0.15, 0.2) is 29.3 Å². The van der Waals surface area contributed by atoms with Crippen LogP contribution in [0.5, 0.6) is 0 Å². The Morgan fingerprint density at radius 3 is 2.67 bits per heavy atom. The maximum Gasteiger partial charge on any atom is 0.263 e. The number of aryl methyl sites for hydroxylation is 1. The molecule has 0 bridgehead atoms. The van der Waals surface area contributed by atoms with Crippen molar-refractivity contribution < 1.29 is 14.4 Å². The third-order valence-electron chi connectivity index (χ3n) is 6.06. The van der Waals surface area contributed by atoms with Crippen LogP contribution in [0.2, 0.25) is 0 Å². The molecule has 3 aromatic heterocycles. The van der Waals surface area contributed by atoms with Crippen LogP contribution >= 0.6 is 0 Å². The van der Waals surface area contributed by atoms with Gasteiger partial charge in [-0.3, -0.25) is 14.2 Å². The molecule has 0 radical (unpaired) electrons. The summed E-state index contributed by atoms with van der Waals surface area (Å²) in [5.74, 6) is -0.224. The number of hydrogen-bond donors (Lipinski definition) is 2. The van der Waals surface area contributed by atoms with E-state index in [1.54, 1.807) is 17.0 Å². The lowest BCUT2D eigenvalue weighted by Gasteiger charge is -2.29. The second kappa shape index (κ2) is 8.90. The van der Waals surface area contributed by atoms with Crippen molar-refractivity contribution >= 4 is 34.3 Å². The van der Waals surface area contributed by atoms with Crippen molar-refractivity contribution in [3.8, 4) is 0 Å². The minimum absolute atomic E-state index is 0.0679. The summed E-state index contributed by atoms with van der Waals surface area (Å²) in [5.41, 5.74) is -0.719. The lowest BCUT2D eigenvalue weighted by Crippen LogP contribution is -2.43. The quantitative estimate of drug-likeness (QED) is 0.567. The summed E-state index contributed by atoms with van der Waals surface area (Å²) in [6.07, 6.45) is 5.99. The lowest BCUT2D eigenvalue weighted by atomic mass is 10.0. The van der Waals surface area contributed by atoms with Gasteiger partial charge in [-0.25, -0.2) is 9.97 Å². The van der Waals surface area contributed by atoms with E-state index in [9.17, 15) is 9.59 Å². The monoisotopic (exact) mass is 454 g/mol. The van der Waals surface area contributed by atoms with Gasteiger partial charge in [-0.05, 0) is 44.3 Å². The van der Waals surface area contributed by atoms with Gasteiger partial charge in [0, 0.05) is 53.3 Å². The Labute approximate surface area is 202 Å². The SMILES string of the molecule is [2H]C1([2H])CN(c2ccc(Nc3ncc4c(C([2H])([2H])[2H])c(C(C)=O)c(=O)n(C5CCCC5)c4n3)nc2)CC([2H])([2H])N1. The summed E-state index contributed by atoms with van der Waals surface area (Å²) in [4.78, 5) is 40.7. The summed E-state index contributed by atoms with van der Waals surface area (Å²) >= 11 is 0. The number of aromatic nitrogens is 4. The van der Waals surface area contributed by atoms with Crippen LogP contribution in [-0.2, 0) is 0 Å². The van der Waals surface area contributed by atoms with Crippen LogP contribution in [0.25, 0.3) is 11.0 Å². The van der Waals surface area contributed by atoms with Crippen LogP contribution in [0.3, 0.4) is 0 Å². The molecule has 0 unspecified atom stereocenters. The second-order valence-corrected chi connectivity index (χ2v) is 8.21. The molecule has 1 aliphatic carbocycles. The first-order valence-electron chi connectivity index (χ1n) is 14.4. The molecule has 1 saturated heterocycles. The van der Waals surface area contributed by atoms with E-state index in [-0.39, 0.29) is 47.2 Å². The number of Topliss-reactive ketones (excluding diaryl/α,β-unsaturated/α-hetero) is 1. The number of carbonyl (C=O) groups excluding carboxylic acids is 1. The summed E-state index contributed by atoms with van der Waals surface area (Å²) in [5, 5.41) is 5.41. The first kappa shape index (κ1) is 14.7. The largest absolute Gasteiger partial charge is 0.368 e. The van der Waals surface area contributed by atoms with E-state index in [1.807, 2.05) is 0 Å². The number of pyridine rings is 2. The molecule has 0 amide bonds. The highest BCUT2D eigenvalue weighted by Gasteiger charge is 2.25. The van der Waals surface area contributed by atoms with Crippen molar-refractivity contribution in [1.82, 2.24) is 24.8 Å². The van der Waals surface area contributed by atoms with Gasteiger partial charge in [0.2, 0.25) is 5.95 Å².